The molecule has 0 saturated carbocycles. The Morgan fingerprint density at radius 1 is 1.50 bits per heavy atom. The average molecular weight is 200 g/mol. The third-order valence-corrected chi connectivity index (χ3v) is 1.01. The molecule has 0 bridgehead atoms. The Kier molecular flexibility index (Phi) is 4.83. The lowest BCUT2D eigenvalue weighted by Gasteiger charge is -1.91. The molecule has 1 aromatic heterocycles. The number of pyridine rings is 1. The van der Waals surface area contributed by atoms with E-state index in [1.54, 1.807) is 0 Å². The van der Waals surface area contributed by atoms with E-state index >= 15 is 0 Å². The molecule has 3 N–H and O–H groups in total. The Balaban J connectivity index is 0.000000364. The molecule has 0 aliphatic rings. The van der Waals surface area contributed by atoms with Crippen LogP contribution in [0.1, 0.15) is 17.3 Å². The molecule has 0 atom stereocenters. The smallest absolute Gasteiger partial charge is 0.300 e. The van der Waals surface area contributed by atoms with Crippen LogP contribution in [0.4, 0.5) is 4.39 Å². The lowest BCUT2D eigenvalue weighted by molar-refractivity contribution is -0.134. The SMILES string of the molecule is CC(=O)O.NC(=O)c1ccc(F)nc1. The van der Waals surface area contributed by atoms with Gasteiger partial charge in [0.1, 0.15) is 0 Å². The van der Waals surface area contributed by atoms with Crippen molar-refractivity contribution < 1.29 is 19.1 Å². The molecule has 1 rings (SSSR count). The highest BCUT2D eigenvalue weighted by molar-refractivity contribution is 5.92. The number of rotatable bonds is 1. The summed E-state index contributed by atoms with van der Waals surface area (Å²) in [5.41, 5.74) is 5.07. The zero-order valence-electron chi connectivity index (χ0n) is 7.40. The standard InChI is InChI=1S/C6H5FN2O.C2H4O2/c7-5-2-1-4(3-9-5)6(8)10;1-2(3)4/h1-3H,(H2,8,10);1H3,(H,3,4). The van der Waals surface area contributed by atoms with Crippen molar-refractivity contribution in [1.82, 2.24) is 4.98 Å². The monoisotopic (exact) mass is 200 g/mol. The minimum atomic E-state index is -0.833. The molecule has 6 heteroatoms. The number of hydrogen-bond donors (Lipinski definition) is 2. The lowest BCUT2D eigenvalue weighted by atomic mass is 10.3. The second kappa shape index (κ2) is 5.63. The maximum atomic E-state index is 12.1. The van der Waals surface area contributed by atoms with Crippen LogP contribution in [0, 0.1) is 5.95 Å². The van der Waals surface area contributed by atoms with Gasteiger partial charge in [-0.3, -0.25) is 9.59 Å². The van der Waals surface area contributed by atoms with Crippen LogP contribution in [-0.4, -0.2) is 22.0 Å². The number of carboxylic acid groups (broad SMARTS) is 1. The van der Waals surface area contributed by atoms with Crippen molar-refractivity contribution in [2.75, 3.05) is 0 Å². The minimum Gasteiger partial charge on any atom is -0.481 e. The van der Waals surface area contributed by atoms with Gasteiger partial charge in [-0.15, -0.1) is 0 Å². The number of nitrogens with zero attached hydrogens (tertiary/aromatic N) is 1. The number of hydrogen-bond acceptors (Lipinski definition) is 3. The van der Waals surface area contributed by atoms with Gasteiger partial charge in [0.2, 0.25) is 11.9 Å². The molecule has 0 aromatic carbocycles. The molecule has 0 unspecified atom stereocenters. The summed E-state index contributed by atoms with van der Waals surface area (Å²) in [5.74, 6) is -2.06. The van der Waals surface area contributed by atoms with Crippen molar-refractivity contribution in [3.05, 3.63) is 29.8 Å². The van der Waals surface area contributed by atoms with Gasteiger partial charge in [-0.1, -0.05) is 0 Å². The van der Waals surface area contributed by atoms with Crippen molar-refractivity contribution in [2.24, 2.45) is 5.73 Å². The van der Waals surface area contributed by atoms with E-state index in [2.05, 4.69) is 4.98 Å². The first-order valence-corrected chi connectivity index (χ1v) is 3.54. The highest BCUT2D eigenvalue weighted by atomic mass is 19.1. The summed E-state index contributed by atoms with van der Waals surface area (Å²) in [4.78, 5) is 22.6. The van der Waals surface area contributed by atoms with Crippen LogP contribution in [-0.2, 0) is 4.79 Å². The molecule has 0 aliphatic carbocycles. The first kappa shape index (κ1) is 12.0. The second-order valence-corrected chi connectivity index (χ2v) is 2.25. The van der Waals surface area contributed by atoms with E-state index in [0.29, 0.717) is 0 Å². The zero-order valence-corrected chi connectivity index (χ0v) is 7.40. The molecule has 1 aromatic rings. The number of primary amides is 1. The maximum Gasteiger partial charge on any atom is 0.300 e. The van der Waals surface area contributed by atoms with Gasteiger partial charge < -0.3 is 10.8 Å². The first-order valence-electron chi connectivity index (χ1n) is 3.54. The Morgan fingerprint density at radius 3 is 2.29 bits per heavy atom. The van der Waals surface area contributed by atoms with Crippen LogP contribution in [0.25, 0.3) is 0 Å². The molecule has 0 spiro atoms. The molecule has 0 aliphatic heterocycles. The first-order chi connectivity index (χ1) is 6.43. The molecular formula is C8H9FN2O3. The van der Waals surface area contributed by atoms with E-state index in [4.69, 9.17) is 15.6 Å². The molecule has 0 radical (unpaired) electrons. The van der Waals surface area contributed by atoms with E-state index in [9.17, 15) is 9.18 Å². The summed E-state index contributed by atoms with van der Waals surface area (Å²) >= 11 is 0. The van der Waals surface area contributed by atoms with Gasteiger partial charge >= 0.3 is 0 Å². The minimum absolute atomic E-state index is 0.210. The zero-order chi connectivity index (χ0) is 11.1. The van der Waals surface area contributed by atoms with Crippen LogP contribution >= 0.6 is 0 Å². The molecule has 1 heterocycles. The third-order valence-electron chi connectivity index (χ3n) is 1.01. The second-order valence-electron chi connectivity index (χ2n) is 2.25. The average Bonchev–Trinajstić information content (AvgIpc) is 2.03. The number of aromatic nitrogens is 1. The number of nitrogens with two attached hydrogens (primary N) is 1. The van der Waals surface area contributed by atoms with Crippen LogP contribution in [0.3, 0.4) is 0 Å². The number of amides is 1. The van der Waals surface area contributed by atoms with Crippen molar-refractivity contribution in [2.45, 2.75) is 6.92 Å². The van der Waals surface area contributed by atoms with Crippen LogP contribution in [0.15, 0.2) is 18.3 Å². The molecular weight excluding hydrogens is 191 g/mol. The highest BCUT2D eigenvalue weighted by Gasteiger charge is 1.98. The largest absolute Gasteiger partial charge is 0.481 e. The van der Waals surface area contributed by atoms with Gasteiger partial charge in [-0.05, 0) is 12.1 Å². The van der Waals surface area contributed by atoms with Gasteiger partial charge in [-0.25, -0.2) is 4.98 Å². The van der Waals surface area contributed by atoms with E-state index in [-0.39, 0.29) is 5.56 Å². The van der Waals surface area contributed by atoms with Crippen molar-refractivity contribution in [3.8, 4) is 0 Å². The number of carboxylic acids is 1. The van der Waals surface area contributed by atoms with Gasteiger partial charge in [0.05, 0.1) is 5.56 Å². The topological polar surface area (TPSA) is 93.3 Å². The maximum absolute atomic E-state index is 12.1. The van der Waals surface area contributed by atoms with Gasteiger partial charge in [-0.2, -0.15) is 4.39 Å². The normalized spacial score (nSPS) is 8.43. The molecule has 14 heavy (non-hydrogen) atoms. The Hall–Kier alpha value is -1.98. The highest BCUT2D eigenvalue weighted by Crippen LogP contribution is 1.96. The summed E-state index contributed by atoms with van der Waals surface area (Å²) in [5, 5.41) is 7.42. The number of carbonyl (C=O) groups excluding carboxylic acids is 1. The van der Waals surface area contributed by atoms with E-state index in [1.165, 1.54) is 6.07 Å². The Morgan fingerprint density at radius 2 is 2.00 bits per heavy atom. The Bertz CT molecular complexity index is 320. The molecule has 0 saturated heterocycles. The van der Waals surface area contributed by atoms with Gasteiger partial charge in [0.25, 0.3) is 5.97 Å². The predicted molar refractivity (Wildman–Crippen MR) is 46.0 cm³/mol. The van der Waals surface area contributed by atoms with Crippen molar-refractivity contribution in [3.63, 3.8) is 0 Å². The Labute approximate surface area is 79.4 Å². The third kappa shape index (κ3) is 5.64. The summed E-state index contributed by atoms with van der Waals surface area (Å²) in [6, 6.07) is 2.37. The molecule has 5 nitrogen and oxygen atoms in total. The van der Waals surface area contributed by atoms with Crippen LogP contribution in [0.5, 0.6) is 0 Å². The number of aliphatic carboxylic acids is 1. The fourth-order valence-corrected chi connectivity index (χ4v) is 0.522. The quantitative estimate of drug-likeness (QED) is 0.642. The van der Waals surface area contributed by atoms with Gasteiger partial charge in [0.15, 0.2) is 0 Å². The number of halogens is 1. The van der Waals surface area contributed by atoms with Crippen LogP contribution in [0.2, 0.25) is 0 Å². The number of carbonyl (C=O) groups is 2. The van der Waals surface area contributed by atoms with E-state index in [0.717, 1.165) is 19.2 Å². The fraction of sp³-hybridized carbons (Fsp3) is 0.125. The summed E-state index contributed by atoms with van der Waals surface area (Å²) in [6.45, 7) is 1.08. The van der Waals surface area contributed by atoms with Gasteiger partial charge in [0, 0.05) is 13.1 Å². The predicted octanol–water partition coefficient (Wildman–Crippen LogP) is 0.410. The van der Waals surface area contributed by atoms with E-state index in [1.807, 2.05) is 0 Å². The molecule has 1 amide bonds. The molecule has 0 fully saturated rings. The lowest BCUT2D eigenvalue weighted by Crippen LogP contribution is -2.11. The fourth-order valence-electron chi connectivity index (χ4n) is 0.522. The van der Waals surface area contributed by atoms with E-state index < -0.39 is 17.8 Å². The van der Waals surface area contributed by atoms with Crippen molar-refractivity contribution in [1.29, 1.82) is 0 Å². The summed E-state index contributed by atoms with van der Waals surface area (Å²) in [6.07, 6.45) is 1.09. The molecule has 76 valence electrons. The summed E-state index contributed by atoms with van der Waals surface area (Å²) < 4.78 is 12.1. The van der Waals surface area contributed by atoms with Crippen LogP contribution < -0.4 is 5.73 Å². The van der Waals surface area contributed by atoms with Crippen molar-refractivity contribution >= 4 is 11.9 Å². The summed E-state index contributed by atoms with van der Waals surface area (Å²) in [7, 11) is 0.